The summed E-state index contributed by atoms with van der Waals surface area (Å²) in [7, 11) is 0. The second kappa shape index (κ2) is 6.23. The van der Waals surface area contributed by atoms with E-state index in [0.29, 0.717) is 17.8 Å². The van der Waals surface area contributed by atoms with Gasteiger partial charge in [0.15, 0.2) is 0 Å². The van der Waals surface area contributed by atoms with Gasteiger partial charge in [-0.25, -0.2) is 0 Å². The fourth-order valence-corrected chi connectivity index (χ4v) is 1.13. The molecule has 0 unspecified atom stereocenters. The van der Waals surface area contributed by atoms with Gasteiger partial charge in [-0.05, 0) is 12.1 Å². The predicted molar refractivity (Wildman–Crippen MR) is 61.5 cm³/mol. The number of anilines is 1. The number of terminal acetylenes is 1. The van der Waals surface area contributed by atoms with E-state index in [1.165, 1.54) is 0 Å². The van der Waals surface area contributed by atoms with Crippen molar-refractivity contribution in [1.29, 1.82) is 5.26 Å². The molecule has 0 atom stereocenters. The summed E-state index contributed by atoms with van der Waals surface area (Å²) in [5.74, 6) is 2.14. The van der Waals surface area contributed by atoms with Gasteiger partial charge in [-0.1, -0.05) is 18.1 Å². The molecule has 0 fully saturated rings. The molecule has 1 amide bonds. The van der Waals surface area contributed by atoms with Crippen molar-refractivity contribution >= 4 is 11.6 Å². The van der Waals surface area contributed by atoms with Crippen LogP contribution in [0.15, 0.2) is 24.3 Å². The van der Waals surface area contributed by atoms with Crippen LogP contribution in [0.4, 0.5) is 5.69 Å². The predicted octanol–water partition coefficient (Wildman–Crippen LogP) is 0.720. The van der Waals surface area contributed by atoms with E-state index in [9.17, 15) is 4.79 Å². The normalized spacial score (nSPS) is 8.88. The second-order valence-corrected chi connectivity index (χ2v) is 3.01. The maximum atomic E-state index is 11.4. The monoisotopic (exact) mass is 213 g/mol. The molecule has 0 saturated heterocycles. The molecule has 0 aliphatic heterocycles. The minimum absolute atomic E-state index is 0.129. The zero-order valence-electron chi connectivity index (χ0n) is 8.66. The molecule has 1 aromatic rings. The van der Waals surface area contributed by atoms with E-state index in [-0.39, 0.29) is 12.5 Å². The van der Waals surface area contributed by atoms with Crippen LogP contribution in [0.25, 0.3) is 0 Å². The lowest BCUT2D eigenvalue weighted by atomic mass is 10.2. The molecule has 0 bridgehead atoms. The molecule has 0 spiro atoms. The van der Waals surface area contributed by atoms with Crippen LogP contribution in [-0.2, 0) is 4.79 Å². The number of nitriles is 1. The van der Waals surface area contributed by atoms with Gasteiger partial charge >= 0.3 is 0 Å². The van der Waals surface area contributed by atoms with Gasteiger partial charge in [0.25, 0.3) is 0 Å². The second-order valence-electron chi connectivity index (χ2n) is 3.01. The van der Waals surface area contributed by atoms with E-state index in [1.807, 2.05) is 6.07 Å². The van der Waals surface area contributed by atoms with Crippen molar-refractivity contribution in [1.82, 2.24) is 5.32 Å². The number of nitrogens with zero attached hydrogens (tertiary/aromatic N) is 1. The largest absolute Gasteiger partial charge is 0.324 e. The van der Waals surface area contributed by atoms with Crippen LogP contribution in [0, 0.1) is 23.7 Å². The van der Waals surface area contributed by atoms with Crippen molar-refractivity contribution in [2.24, 2.45) is 0 Å². The quantitative estimate of drug-likeness (QED) is 0.572. The van der Waals surface area contributed by atoms with E-state index < -0.39 is 0 Å². The van der Waals surface area contributed by atoms with Crippen LogP contribution < -0.4 is 10.6 Å². The maximum Gasteiger partial charge on any atom is 0.238 e. The summed E-state index contributed by atoms with van der Waals surface area (Å²) < 4.78 is 0. The first-order valence-electron chi connectivity index (χ1n) is 4.71. The number of rotatable bonds is 4. The molecule has 4 nitrogen and oxygen atoms in total. The number of amides is 1. The molecular formula is C12H11N3O. The summed E-state index contributed by atoms with van der Waals surface area (Å²) >= 11 is 0. The Hall–Kier alpha value is -2.30. The first kappa shape index (κ1) is 11.8. The Labute approximate surface area is 94.3 Å². The lowest BCUT2D eigenvalue weighted by Gasteiger charge is -2.06. The molecule has 0 heterocycles. The summed E-state index contributed by atoms with van der Waals surface area (Å²) in [6, 6.07) is 8.82. The fourth-order valence-electron chi connectivity index (χ4n) is 1.13. The number of benzene rings is 1. The van der Waals surface area contributed by atoms with Crippen molar-refractivity contribution in [3.8, 4) is 18.4 Å². The van der Waals surface area contributed by atoms with Crippen LogP contribution in [0.2, 0.25) is 0 Å². The fraction of sp³-hybridized carbons (Fsp3) is 0.167. The van der Waals surface area contributed by atoms with Gasteiger partial charge in [-0.3, -0.25) is 10.1 Å². The summed E-state index contributed by atoms with van der Waals surface area (Å²) in [4.78, 5) is 11.4. The number of nitrogens with one attached hydrogen (secondary N) is 2. The van der Waals surface area contributed by atoms with Crippen molar-refractivity contribution in [3.05, 3.63) is 29.8 Å². The zero-order valence-corrected chi connectivity index (χ0v) is 8.66. The Kier molecular flexibility index (Phi) is 4.59. The lowest BCUT2D eigenvalue weighted by Crippen LogP contribution is -2.28. The molecular weight excluding hydrogens is 202 g/mol. The molecule has 1 rings (SSSR count). The topological polar surface area (TPSA) is 64.9 Å². The Morgan fingerprint density at radius 3 is 2.88 bits per heavy atom. The first-order chi connectivity index (χ1) is 7.77. The van der Waals surface area contributed by atoms with E-state index >= 15 is 0 Å². The average Bonchev–Trinajstić information content (AvgIpc) is 2.30. The van der Waals surface area contributed by atoms with Gasteiger partial charge in [-0.15, -0.1) is 6.42 Å². The highest BCUT2D eigenvalue weighted by Gasteiger charge is 2.04. The number of para-hydroxylation sites is 1. The number of carbonyl (C=O) groups excluding carboxylic acids is 1. The van der Waals surface area contributed by atoms with Gasteiger partial charge in [0.1, 0.15) is 6.07 Å². The van der Waals surface area contributed by atoms with Crippen LogP contribution in [0.3, 0.4) is 0 Å². The van der Waals surface area contributed by atoms with Gasteiger partial charge in [-0.2, -0.15) is 5.26 Å². The molecule has 0 aliphatic rings. The van der Waals surface area contributed by atoms with E-state index in [0.717, 1.165) is 0 Å². The third-order valence-corrected chi connectivity index (χ3v) is 1.83. The van der Waals surface area contributed by atoms with E-state index in [2.05, 4.69) is 16.6 Å². The van der Waals surface area contributed by atoms with Gasteiger partial charge in [0.05, 0.1) is 24.3 Å². The number of hydrogen-bond donors (Lipinski definition) is 2. The summed E-state index contributed by atoms with van der Waals surface area (Å²) in [6.07, 6.45) is 5.03. The highest BCUT2D eigenvalue weighted by atomic mass is 16.1. The average molecular weight is 213 g/mol. The molecule has 2 N–H and O–H groups in total. The molecule has 1 aromatic carbocycles. The van der Waals surface area contributed by atoms with Crippen LogP contribution in [0.5, 0.6) is 0 Å². The van der Waals surface area contributed by atoms with Crippen molar-refractivity contribution in [3.63, 3.8) is 0 Å². The van der Waals surface area contributed by atoms with E-state index in [1.54, 1.807) is 24.3 Å². The number of hydrogen-bond acceptors (Lipinski definition) is 3. The standard InChI is InChI=1S/C12H11N3O/c1-2-7-14-9-12(16)15-11-6-4-3-5-10(11)8-13/h1,3-6,14H,7,9H2,(H,15,16). The van der Waals surface area contributed by atoms with Crippen LogP contribution >= 0.6 is 0 Å². The molecule has 0 saturated carbocycles. The van der Waals surface area contributed by atoms with Crippen molar-refractivity contribution < 1.29 is 4.79 Å². The highest BCUT2D eigenvalue weighted by Crippen LogP contribution is 2.12. The van der Waals surface area contributed by atoms with Gasteiger partial charge in [0.2, 0.25) is 5.91 Å². The summed E-state index contributed by atoms with van der Waals surface area (Å²) in [5.41, 5.74) is 0.949. The SMILES string of the molecule is C#CCNCC(=O)Nc1ccccc1C#N. The third kappa shape index (κ3) is 3.45. The van der Waals surface area contributed by atoms with Crippen molar-refractivity contribution in [2.75, 3.05) is 18.4 Å². The summed E-state index contributed by atoms with van der Waals surface area (Å²) in [6.45, 7) is 0.470. The van der Waals surface area contributed by atoms with Crippen LogP contribution in [-0.4, -0.2) is 19.0 Å². The minimum Gasteiger partial charge on any atom is -0.324 e. The molecule has 0 radical (unpaired) electrons. The van der Waals surface area contributed by atoms with Gasteiger partial charge in [0, 0.05) is 0 Å². The molecule has 4 heteroatoms. The Morgan fingerprint density at radius 2 is 2.19 bits per heavy atom. The Morgan fingerprint density at radius 1 is 1.44 bits per heavy atom. The number of carbonyl (C=O) groups is 1. The Bertz CT molecular complexity index is 454. The third-order valence-electron chi connectivity index (χ3n) is 1.83. The zero-order chi connectivity index (χ0) is 11.8. The minimum atomic E-state index is -0.224. The summed E-state index contributed by atoms with van der Waals surface area (Å²) in [5, 5.41) is 14.2. The molecule has 0 aromatic heterocycles. The first-order valence-corrected chi connectivity index (χ1v) is 4.71. The maximum absolute atomic E-state index is 11.4. The smallest absolute Gasteiger partial charge is 0.238 e. The van der Waals surface area contributed by atoms with E-state index in [4.69, 9.17) is 11.7 Å². The molecule has 0 aliphatic carbocycles. The van der Waals surface area contributed by atoms with Gasteiger partial charge < -0.3 is 5.32 Å². The van der Waals surface area contributed by atoms with Crippen molar-refractivity contribution in [2.45, 2.75) is 0 Å². The van der Waals surface area contributed by atoms with Crippen LogP contribution in [0.1, 0.15) is 5.56 Å². The lowest BCUT2D eigenvalue weighted by molar-refractivity contribution is -0.115. The Balaban J connectivity index is 2.57. The highest BCUT2D eigenvalue weighted by molar-refractivity contribution is 5.93. The molecule has 80 valence electrons. The molecule has 16 heavy (non-hydrogen) atoms.